The lowest BCUT2D eigenvalue weighted by Gasteiger charge is -2.22. The van der Waals surface area contributed by atoms with E-state index in [0.29, 0.717) is 19.1 Å². The number of ether oxygens (including phenoxy) is 2. The number of hydrogen-bond acceptors (Lipinski definition) is 4. The van der Waals surface area contributed by atoms with Crippen molar-refractivity contribution in [3.8, 4) is 5.75 Å². The Kier molecular flexibility index (Phi) is 7.35. The summed E-state index contributed by atoms with van der Waals surface area (Å²) in [5, 5.41) is 13.5. The van der Waals surface area contributed by atoms with Crippen molar-refractivity contribution in [3.05, 3.63) is 29.8 Å². The molecule has 0 aromatic heterocycles. The summed E-state index contributed by atoms with van der Waals surface area (Å²) in [6.07, 6.45) is 3.09. The van der Waals surface area contributed by atoms with E-state index in [1.54, 1.807) is 7.11 Å². The summed E-state index contributed by atoms with van der Waals surface area (Å²) in [7, 11) is 1.69. The smallest absolute Gasteiger partial charge is 0.194 e. The second-order valence-corrected chi connectivity index (χ2v) is 7.53. The highest BCUT2D eigenvalue weighted by molar-refractivity contribution is 5.80. The molecule has 1 aromatic rings. The zero-order valence-electron chi connectivity index (χ0n) is 16.6. The van der Waals surface area contributed by atoms with Crippen LogP contribution in [0.2, 0.25) is 0 Å². The first kappa shape index (κ1) is 20.0. The van der Waals surface area contributed by atoms with Crippen LogP contribution in [0.4, 0.5) is 0 Å². The monoisotopic (exact) mass is 375 g/mol. The zero-order valence-corrected chi connectivity index (χ0v) is 16.6. The third-order valence-corrected chi connectivity index (χ3v) is 5.22. The van der Waals surface area contributed by atoms with Gasteiger partial charge in [-0.3, -0.25) is 4.99 Å². The van der Waals surface area contributed by atoms with Gasteiger partial charge in [0.05, 0.1) is 26.4 Å². The molecule has 2 atom stereocenters. The number of aliphatic imine (C=N–C) groups is 1. The van der Waals surface area contributed by atoms with Crippen LogP contribution in [0.15, 0.2) is 29.3 Å². The van der Waals surface area contributed by atoms with E-state index in [1.165, 1.54) is 18.4 Å². The van der Waals surface area contributed by atoms with Crippen LogP contribution in [0.1, 0.15) is 37.7 Å². The number of benzene rings is 1. The number of likely N-dealkylation sites (tertiary alicyclic amines) is 1. The van der Waals surface area contributed by atoms with Gasteiger partial charge in [-0.05, 0) is 49.8 Å². The van der Waals surface area contributed by atoms with Gasteiger partial charge in [0.1, 0.15) is 5.75 Å². The Bertz CT molecular complexity index is 601. The number of methoxy groups -OCH3 is 1. The number of hydrogen-bond donors (Lipinski definition) is 2. The van der Waals surface area contributed by atoms with E-state index in [4.69, 9.17) is 9.47 Å². The van der Waals surface area contributed by atoms with Gasteiger partial charge in [0.15, 0.2) is 5.96 Å². The van der Waals surface area contributed by atoms with Crippen molar-refractivity contribution in [2.24, 2.45) is 10.9 Å². The second-order valence-electron chi connectivity index (χ2n) is 7.53. The van der Waals surface area contributed by atoms with Crippen LogP contribution in [0, 0.1) is 5.92 Å². The van der Waals surface area contributed by atoms with Crippen molar-refractivity contribution in [2.75, 3.05) is 46.5 Å². The second kappa shape index (κ2) is 9.95. The van der Waals surface area contributed by atoms with Crippen LogP contribution in [-0.4, -0.2) is 68.6 Å². The van der Waals surface area contributed by atoms with Crippen molar-refractivity contribution in [2.45, 2.75) is 38.2 Å². The molecule has 1 aliphatic carbocycles. The Labute approximate surface area is 162 Å². The molecule has 0 spiro atoms. The first-order valence-corrected chi connectivity index (χ1v) is 10.1. The van der Waals surface area contributed by atoms with Gasteiger partial charge < -0.3 is 24.8 Å². The molecule has 6 heteroatoms. The quantitative estimate of drug-likeness (QED) is 0.512. The average Bonchev–Trinajstić information content (AvgIpc) is 3.38. The third-order valence-electron chi connectivity index (χ3n) is 5.22. The van der Waals surface area contributed by atoms with Gasteiger partial charge in [-0.1, -0.05) is 12.1 Å². The standard InChI is InChI=1S/C21H33N3O3/c1-3-22-21(23-12-19(25)15-27-14-16-4-5-16)24-11-10-18(13-24)17-6-8-20(26-2)9-7-17/h6-9,16,18-19,25H,3-5,10-15H2,1-2H3,(H,22,23). The molecule has 2 N–H and O–H groups in total. The third kappa shape index (κ3) is 6.11. The molecule has 6 nitrogen and oxygen atoms in total. The molecule has 0 bridgehead atoms. The number of rotatable bonds is 9. The molecule has 1 aromatic carbocycles. The number of nitrogens with one attached hydrogen (secondary N) is 1. The minimum Gasteiger partial charge on any atom is -0.497 e. The molecule has 2 unspecified atom stereocenters. The van der Waals surface area contributed by atoms with Crippen molar-refractivity contribution in [1.29, 1.82) is 0 Å². The molecule has 1 heterocycles. The van der Waals surface area contributed by atoms with Crippen LogP contribution < -0.4 is 10.1 Å². The lowest BCUT2D eigenvalue weighted by atomic mass is 9.98. The van der Waals surface area contributed by atoms with Gasteiger partial charge in [-0.2, -0.15) is 0 Å². The van der Waals surface area contributed by atoms with Crippen LogP contribution in [-0.2, 0) is 4.74 Å². The van der Waals surface area contributed by atoms with Crippen molar-refractivity contribution < 1.29 is 14.6 Å². The van der Waals surface area contributed by atoms with E-state index in [1.807, 2.05) is 12.1 Å². The average molecular weight is 376 g/mol. The summed E-state index contributed by atoms with van der Waals surface area (Å²) in [5.74, 6) is 2.99. The summed E-state index contributed by atoms with van der Waals surface area (Å²) < 4.78 is 10.8. The molecule has 150 valence electrons. The molecule has 2 fully saturated rings. The fourth-order valence-corrected chi connectivity index (χ4v) is 3.43. The number of aliphatic hydroxyl groups is 1. The van der Waals surface area contributed by atoms with Crippen LogP contribution in [0.3, 0.4) is 0 Å². The predicted octanol–water partition coefficient (Wildman–Crippen LogP) is 2.24. The number of guanidine groups is 1. The van der Waals surface area contributed by atoms with Crippen molar-refractivity contribution in [1.82, 2.24) is 10.2 Å². The number of aliphatic hydroxyl groups excluding tert-OH is 1. The fraction of sp³-hybridized carbons (Fsp3) is 0.667. The van der Waals surface area contributed by atoms with Gasteiger partial charge in [0, 0.05) is 32.2 Å². The highest BCUT2D eigenvalue weighted by Gasteiger charge is 2.26. The van der Waals surface area contributed by atoms with Crippen LogP contribution in [0.5, 0.6) is 5.75 Å². The first-order valence-electron chi connectivity index (χ1n) is 10.1. The Balaban J connectivity index is 1.50. The first-order chi connectivity index (χ1) is 13.2. The summed E-state index contributed by atoms with van der Waals surface area (Å²) in [4.78, 5) is 6.93. The van der Waals surface area contributed by atoms with Crippen LogP contribution in [0.25, 0.3) is 0 Å². The summed E-state index contributed by atoms with van der Waals surface area (Å²) in [6, 6.07) is 8.35. The van der Waals surface area contributed by atoms with Gasteiger partial charge >= 0.3 is 0 Å². The molecule has 0 amide bonds. The molecule has 1 saturated carbocycles. The topological polar surface area (TPSA) is 66.3 Å². The molecule has 27 heavy (non-hydrogen) atoms. The highest BCUT2D eigenvalue weighted by Crippen LogP contribution is 2.29. The molecule has 1 saturated heterocycles. The van der Waals surface area contributed by atoms with E-state index >= 15 is 0 Å². The molecule has 1 aliphatic heterocycles. The van der Waals surface area contributed by atoms with Gasteiger partial charge in [-0.25, -0.2) is 0 Å². The zero-order chi connectivity index (χ0) is 19.1. The predicted molar refractivity (Wildman–Crippen MR) is 107 cm³/mol. The van der Waals surface area contributed by atoms with E-state index in [2.05, 4.69) is 34.3 Å². The summed E-state index contributed by atoms with van der Waals surface area (Å²) in [6.45, 7) is 6.31. The maximum Gasteiger partial charge on any atom is 0.194 e. The molecule has 0 radical (unpaired) electrons. The molecular weight excluding hydrogens is 342 g/mol. The van der Waals surface area contributed by atoms with E-state index < -0.39 is 6.10 Å². The minimum atomic E-state index is -0.544. The highest BCUT2D eigenvalue weighted by atomic mass is 16.5. The number of nitrogens with zero attached hydrogens (tertiary/aromatic N) is 2. The Hall–Kier alpha value is -1.79. The summed E-state index contributed by atoms with van der Waals surface area (Å²) >= 11 is 0. The van der Waals surface area contributed by atoms with E-state index in [9.17, 15) is 5.11 Å². The largest absolute Gasteiger partial charge is 0.497 e. The van der Waals surface area contributed by atoms with Crippen molar-refractivity contribution >= 4 is 5.96 Å². The Morgan fingerprint density at radius 2 is 2.07 bits per heavy atom. The Morgan fingerprint density at radius 3 is 2.74 bits per heavy atom. The van der Waals surface area contributed by atoms with E-state index in [-0.39, 0.29) is 0 Å². The lowest BCUT2D eigenvalue weighted by Crippen LogP contribution is -2.40. The van der Waals surface area contributed by atoms with E-state index in [0.717, 1.165) is 50.3 Å². The molecule has 3 rings (SSSR count). The van der Waals surface area contributed by atoms with Gasteiger partial charge in [-0.15, -0.1) is 0 Å². The van der Waals surface area contributed by atoms with Crippen molar-refractivity contribution in [3.63, 3.8) is 0 Å². The normalized spacial score (nSPS) is 21.4. The molecular formula is C21H33N3O3. The van der Waals surface area contributed by atoms with Crippen LogP contribution >= 0.6 is 0 Å². The maximum atomic E-state index is 10.1. The fourth-order valence-electron chi connectivity index (χ4n) is 3.43. The molecule has 2 aliphatic rings. The Morgan fingerprint density at radius 1 is 1.30 bits per heavy atom. The SMILES string of the molecule is CCNC(=NCC(O)COCC1CC1)N1CCC(c2ccc(OC)cc2)C1. The van der Waals surface area contributed by atoms with Gasteiger partial charge in [0.2, 0.25) is 0 Å². The lowest BCUT2D eigenvalue weighted by molar-refractivity contribution is 0.0367. The summed E-state index contributed by atoms with van der Waals surface area (Å²) in [5.41, 5.74) is 1.34. The minimum absolute atomic E-state index is 0.369. The maximum absolute atomic E-state index is 10.1. The van der Waals surface area contributed by atoms with Gasteiger partial charge in [0.25, 0.3) is 0 Å².